The molecule has 0 aromatic carbocycles. The van der Waals surface area contributed by atoms with Crippen molar-refractivity contribution in [2.75, 3.05) is 177 Å². The second-order valence-electron chi connectivity index (χ2n) is 15.1. The molecular formula is C41H94N12O5. The first-order valence-electron chi connectivity index (χ1n) is 23.0. The minimum atomic E-state index is -0.619. The lowest BCUT2D eigenvalue weighted by atomic mass is 9.92. The molecule has 0 fully saturated rings. The molecule has 0 aliphatic carbocycles. The lowest BCUT2D eigenvalue weighted by Crippen LogP contribution is -2.43. The summed E-state index contributed by atoms with van der Waals surface area (Å²) in [5.41, 5.74) is 21.6. The zero-order chi connectivity index (χ0) is 42.1. The van der Waals surface area contributed by atoms with Crippen LogP contribution in [-0.2, 0) is 23.7 Å². The summed E-state index contributed by atoms with van der Waals surface area (Å²) in [6.45, 7) is 20.6. The minimum Gasteiger partial charge on any atom is -0.465 e. The number of nitrogens with one attached hydrogen (secondary N) is 8. The van der Waals surface area contributed by atoms with Gasteiger partial charge in [0.25, 0.3) is 0 Å². The van der Waals surface area contributed by atoms with Gasteiger partial charge in [0.05, 0.1) is 31.7 Å². The Labute approximate surface area is 354 Å². The second kappa shape index (κ2) is 48.5. The van der Waals surface area contributed by atoms with Gasteiger partial charge in [0.15, 0.2) is 0 Å². The summed E-state index contributed by atoms with van der Waals surface area (Å²) in [5.74, 6) is -0.233. The Kier molecular flexibility index (Phi) is 47.6. The Morgan fingerprint density at radius 3 is 0.897 bits per heavy atom. The van der Waals surface area contributed by atoms with Crippen LogP contribution in [0.4, 0.5) is 0 Å². The highest BCUT2D eigenvalue weighted by molar-refractivity contribution is 5.69. The molecule has 0 aliphatic heterocycles. The molecule has 17 heteroatoms. The van der Waals surface area contributed by atoms with Gasteiger partial charge >= 0.3 is 5.97 Å². The van der Waals surface area contributed by atoms with Gasteiger partial charge in [-0.05, 0) is 195 Å². The van der Waals surface area contributed by atoms with E-state index < -0.39 is 5.41 Å². The highest BCUT2D eigenvalue weighted by Gasteiger charge is 2.34. The zero-order valence-corrected chi connectivity index (χ0v) is 36.9. The number of hydrogen-bond donors (Lipinski definition) is 12. The van der Waals surface area contributed by atoms with Crippen LogP contribution in [-0.4, -0.2) is 183 Å². The number of rotatable bonds is 51. The number of carbonyl (C=O) groups is 1. The highest BCUT2D eigenvalue weighted by atomic mass is 16.5. The molecule has 0 rings (SSSR count). The maximum atomic E-state index is 13.0. The summed E-state index contributed by atoms with van der Waals surface area (Å²) in [4.78, 5) is 13.0. The van der Waals surface area contributed by atoms with Gasteiger partial charge < -0.3 is 84.4 Å². The molecule has 58 heavy (non-hydrogen) atoms. The number of carbonyl (C=O) groups excluding carboxylic acids is 1. The molecule has 0 saturated heterocycles. The first kappa shape index (κ1) is 56.9. The van der Waals surface area contributed by atoms with Crippen molar-refractivity contribution in [3.63, 3.8) is 0 Å². The molecule has 0 unspecified atom stereocenters. The van der Waals surface area contributed by atoms with Gasteiger partial charge in [0.2, 0.25) is 0 Å². The van der Waals surface area contributed by atoms with Gasteiger partial charge in [-0.25, -0.2) is 0 Å². The van der Waals surface area contributed by atoms with Crippen LogP contribution in [0.5, 0.6) is 0 Å². The number of nitrogens with two attached hydrogens (primary N) is 4. The van der Waals surface area contributed by atoms with Crippen molar-refractivity contribution in [3.8, 4) is 0 Å². The van der Waals surface area contributed by atoms with E-state index in [1.165, 1.54) is 0 Å². The normalized spacial score (nSPS) is 11.9. The van der Waals surface area contributed by atoms with E-state index in [9.17, 15) is 4.79 Å². The van der Waals surface area contributed by atoms with Crippen LogP contribution in [0, 0.1) is 5.41 Å². The predicted molar refractivity (Wildman–Crippen MR) is 240 cm³/mol. The van der Waals surface area contributed by atoms with E-state index in [0.29, 0.717) is 59.2 Å². The molecule has 0 aromatic heterocycles. The number of hydrogen-bond acceptors (Lipinski definition) is 17. The Morgan fingerprint density at radius 1 is 0.345 bits per heavy atom. The van der Waals surface area contributed by atoms with Crippen molar-refractivity contribution in [1.29, 1.82) is 0 Å². The molecule has 0 spiro atoms. The molecule has 0 aromatic rings. The minimum absolute atomic E-state index is 0.178. The fourth-order valence-corrected chi connectivity index (χ4v) is 5.77. The zero-order valence-electron chi connectivity index (χ0n) is 36.9. The maximum Gasteiger partial charge on any atom is 0.307 e. The van der Waals surface area contributed by atoms with Crippen LogP contribution >= 0.6 is 0 Å². The molecule has 17 nitrogen and oxygen atoms in total. The Morgan fingerprint density at radius 2 is 0.603 bits per heavy atom. The summed E-state index contributed by atoms with van der Waals surface area (Å²) in [5, 5.41) is 27.5. The average molecular weight is 835 g/mol. The summed E-state index contributed by atoms with van der Waals surface area (Å²) < 4.78 is 24.8. The summed E-state index contributed by atoms with van der Waals surface area (Å²) in [7, 11) is 0. The molecule has 0 saturated carbocycles. The fourth-order valence-electron chi connectivity index (χ4n) is 5.77. The van der Waals surface area contributed by atoms with Crippen LogP contribution in [0.15, 0.2) is 0 Å². The van der Waals surface area contributed by atoms with E-state index in [0.717, 1.165) is 188 Å². The quantitative estimate of drug-likeness (QED) is 0.0254. The standard InChI is InChI=1S/C41H94N12O5/c42-13-1-17-46-21-5-25-50-29-9-33-55-36-41(37-56-34-10-30-51-26-6-22-47-18-2-14-43,38-57-35-11-31-52-27-7-23-48-19-3-15-44)39-58-40(54)12-32-53-28-8-24-49-20-4-16-45/h46-53H,1-39,42-45H2. The van der Waals surface area contributed by atoms with Gasteiger partial charge in [-0.3, -0.25) is 4.79 Å². The second-order valence-corrected chi connectivity index (χ2v) is 15.1. The van der Waals surface area contributed by atoms with E-state index in [4.69, 9.17) is 41.9 Å². The molecule has 0 radical (unpaired) electrons. The van der Waals surface area contributed by atoms with E-state index in [1.54, 1.807) is 0 Å². The lowest BCUT2D eigenvalue weighted by molar-refractivity contribution is -0.155. The fraction of sp³-hybridized carbons (Fsp3) is 0.976. The first-order chi connectivity index (χ1) is 28.6. The van der Waals surface area contributed by atoms with Crippen LogP contribution in [0.25, 0.3) is 0 Å². The van der Waals surface area contributed by atoms with Gasteiger partial charge in [-0.15, -0.1) is 0 Å². The third-order valence-electron chi connectivity index (χ3n) is 9.26. The highest BCUT2D eigenvalue weighted by Crippen LogP contribution is 2.21. The molecule has 348 valence electrons. The SMILES string of the molecule is NCCCNCCCNCCCOCC(COCCCNCCCNCCCN)(COCCCNCCCNCCCN)COC(=O)CCNCCCNCCCN. The molecule has 0 heterocycles. The van der Waals surface area contributed by atoms with E-state index in [1.807, 2.05) is 0 Å². The van der Waals surface area contributed by atoms with Crippen molar-refractivity contribution < 1.29 is 23.7 Å². The van der Waals surface area contributed by atoms with Gasteiger partial charge in [-0.2, -0.15) is 0 Å². The molecule has 0 amide bonds. The first-order valence-corrected chi connectivity index (χ1v) is 23.0. The summed E-state index contributed by atoms with van der Waals surface area (Å²) >= 11 is 0. The monoisotopic (exact) mass is 835 g/mol. The molecule has 0 aliphatic rings. The smallest absolute Gasteiger partial charge is 0.307 e. The third kappa shape index (κ3) is 43.0. The average Bonchev–Trinajstić information content (AvgIpc) is 3.23. The van der Waals surface area contributed by atoms with Crippen molar-refractivity contribution >= 4 is 5.97 Å². The predicted octanol–water partition coefficient (Wildman–Crippen LogP) is -1.20. The largest absolute Gasteiger partial charge is 0.465 e. The third-order valence-corrected chi connectivity index (χ3v) is 9.26. The van der Waals surface area contributed by atoms with Crippen molar-refractivity contribution in [2.45, 2.75) is 77.0 Å². The van der Waals surface area contributed by atoms with Crippen LogP contribution < -0.4 is 65.5 Å². The van der Waals surface area contributed by atoms with Crippen molar-refractivity contribution in [3.05, 3.63) is 0 Å². The van der Waals surface area contributed by atoms with Crippen molar-refractivity contribution in [2.24, 2.45) is 28.3 Å². The maximum absolute atomic E-state index is 13.0. The van der Waals surface area contributed by atoms with Crippen molar-refractivity contribution in [1.82, 2.24) is 42.5 Å². The lowest BCUT2D eigenvalue weighted by Gasteiger charge is -2.33. The van der Waals surface area contributed by atoms with Gasteiger partial charge in [0, 0.05) is 26.4 Å². The summed E-state index contributed by atoms with van der Waals surface area (Å²) in [6.07, 6.45) is 11.1. The molecule has 0 bridgehead atoms. The van der Waals surface area contributed by atoms with Gasteiger partial charge in [0.1, 0.15) is 6.61 Å². The Hall–Kier alpha value is -1.13. The van der Waals surface area contributed by atoms with E-state index >= 15 is 0 Å². The van der Waals surface area contributed by atoms with E-state index in [2.05, 4.69) is 42.5 Å². The molecule has 16 N–H and O–H groups in total. The Bertz CT molecular complexity index is 743. The summed E-state index contributed by atoms with van der Waals surface area (Å²) in [6, 6.07) is 0. The molecule has 0 atom stereocenters. The van der Waals surface area contributed by atoms with Crippen LogP contribution in [0.1, 0.15) is 77.0 Å². The topological polar surface area (TPSA) is 254 Å². The number of ether oxygens (including phenoxy) is 4. The molecular weight excluding hydrogens is 741 g/mol. The Balaban J connectivity index is 5.04. The van der Waals surface area contributed by atoms with Gasteiger partial charge in [-0.1, -0.05) is 0 Å². The van der Waals surface area contributed by atoms with Crippen LogP contribution in [0.2, 0.25) is 0 Å². The number of esters is 1. The van der Waals surface area contributed by atoms with E-state index in [-0.39, 0.29) is 12.6 Å². The van der Waals surface area contributed by atoms with Crippen LogP contribution in [0.3, 0.4) is 0 Å².